The molecule has 0 unspecified atom stereocenters. The molecule has 0 atom stereocenters. The van der Waals surface area contributed by atoms with E-state index in [1.807, 2.05) is 48.5 Å². The fourth-order valence-electron chi connectivity index (χ4n) is 3.19. The van der Waals surface area contributed by atoms with Crippen molar-refractivity contribution in [3.63, 3.8) is 0 Å². The number of rotatable bonds is 8. The van der Waals surface area contributed by atoms with Gasteiger partial charge in [0, 0.05) is 23.8 Å². The molecular formula is C31H37F2NO2Si. The Kier molecular flexibility index (Phi) is 8.83. The van der Waals surface area contributed by atoms with Crippen molar-refractivity contribution in [2.75, 3.05) is 11.9 Å². The first kappa shape index (κ1) is 28.4. The molecule has 0 heterocycles. The molecule has 3 rings (SSSR count). The Morgan fingerprint density at radius 3 is 2.22 bits per heavy atom. The van der Waals surface area contributed by atoms with Crippen LogP contribution >= 0.6 is 0 Å². The molecule has 196 valence electrons. The summed E-state index contributed by atoms with van der Waals surface area (Å²) in [6.45, 7) is 16.1. The molecule has 0 aliphatic rings. The van der Waals surface area contributed by atoms with Gasteiger partial charge >= 0.3 is 0 Å². The van der Waals surface area contributed by atoms with E-state index in [1.54, 1.807) is 0 Å². The fourth-order valence-corrected chi connectivity index (χ4v) is 4.35. The summed E-state index contributed by atoms with van der Waals surface area (Å²) in [5.41, 5.74) is 2.32. The van der Waals surface area contributed by atoms with Crippen molar-refractivity contribution in [3.8, 4) is 17.6 Å². The van der Waals surface area contributed by atoms with Crippen molar-refractivity contribution in [1.82, 2.24) is 0 Å². The maximum absolute atomic E-state index is 13.9. The zero-order chi connectivity index (χ0) is 27.3. The third-order valence-electron chi connectivity index (χ3n) is 6.59. The molecule has 0 aromatic heterocycles. The van der Waals surface area contributed by atoms with Crippen LogP contribution in [0.25, 0.3) is 0 Å². The lowest BCUT2D eigenvalue weighted by Gasteiger charge is -2.38. The molecule has 0 aliphatic carbocycles. The van der Waals surface area contributed by atoms with Crippen LogP contribution in [-0.4, -0.2) is 14.9 Å². The minimum Gasteiger partial charge on any atom is -0.488 e. The lowest BCUT2D eigenvalue weighted by Crippen LogP contribution is -2.42. The van der Waals surface area contributed by atoms with E-state index in [-0.39, 0.29) is 5.04 Å². The van der Waals surface area contributed by atoms with Gasteiger partial charge in [-0.25, -0.2) is 8.78 Å². The van der Waals surface area contributed by atoms with E-state index in [0.29, 0.717) is 35.9 Å². The molecule has 1 N–H and O–H groups in total. The zero-order valence-electron chi connectivity index (χ0n) is 22.8. The van der Waals surface area contributed by atoms with E-state index in [2.05, 4.69) is 64.9 Å². The molecule has 0 aliphatic heterocycles. The molecule has 0 saturated carbocycles. The van der Waals surface area contributed by atoms with Gasteiger partial charge in [-0.05, 0) is 61.8 Å². The maximum Gasteiger partial charge on any atom is 0.192 e. The van der Waals surface area contributed by atoms with Crippen LogP contribution in [0.4, 0.5) is 20.2 Å². The van der Waals surface area contributed by atoms with Crippen LogP contribution in [-0.2, 0) is 11.0 Å². The number of nitrogens with one attached hydrogen (secondary N) is 1. The van der Waals surface area contributed by atoms with Gasteiger partial charge in [0.15, 0.2) is 20.0 Å². The monoisotopic (exact) mass is 521 g/mol. The first-order chi connectivity index (χ1) is 17.3. The summed E-state index contributed by atoms with van der Waals surface area (Å²) in [6, 6.07) is 19.1. The van der Waals surface area contributed by atoms with E-state index in [9.17, 15) is 8.78 Å². The van der Waals surface area contributed by atoms with Gasteiger partial charge in [0.2, 0.25) is 0 Å². The number of hydrogen-bond acceptors (Lipinski definition) is 3. The quantitative estimate of drug-likeness (QED) is 0.238. The first-order valence-electron chi connectivity index (χ1n) is 12.5. The second-order valence-corrected chi connectivity index (χ2v) is 16.2. The van der Waals surface area contributed by atoms with Crippen LogP contribution in [0.2, 0.25) is 18.1 Å². The van der Waals surface area contributed by atoms with Crippen LogP contribution in [0.3, 0.4) is 0 Å². The molecule has 3 aromatic carbocycles. The Bertz CT molecular complexity index is 1270. The highest BCUT2D eigenvalue weighted by Crippen LogP contribution is 2.37. The Hall–Kier alpha value is -3.14. The van der Waals surface area contributed by atoms with Gasteiger partial charge in [-0.3, -0.25) is 0 Å². The minimum atomic E-state index is -1.93. The maximum atomic E-state index is 13.9. The molecule has 3 nitrogen and oxygen atoms in total. The molecule has 3 aromatic rings. The van der Waals surface area contributed by atoms with Crippen LogP contribution < -0.4 is 10.1 Å². The SMILES string of the molecule is CC(C)(C#Cc1c(Nc2ccc(F)c(F)c2)cccc1OCc1ccccc1)CO[Si](C)(C)C(C)(C)C. The van der Waals surface area contributed by atoms with Crippen LogP contribution in [0, 0.1) is 28.9 Å². The van der Waals surface area contributed by atoms with E-state index < -0.39 is 25.4 Å². The third kappa shape index (κ3) is 7.92. The van der Waals surface area contributed by atoms with Gasteiger partial charge < -0.3 is 14.5 Å². The Morgan fingerprint density at radius 2 is 1.57 bits per heavy atom. The van der Waals surface area contributed by atoms with Gasteiger partial charge in [0.25, 0.3) is 0 Å². The average Bonchev–Trinajstić information content (AvgIpc) is 2.83. The summed E-state index contributed by atoms with van der Waals surface area (Å²) in [7, 11) is -1.93. The van der Waals surface area contributed by atoms with E-state index in [4.69, 9.17) is 9.16 Å². The highest BCUT2D eigenvalue weighted by atomic mass is 28.4. The standard InChI is InChI=1S/C31H37F2NO2Si/c1-30(2,3)37(6,7)36-22-31(4,5)19-18-25-28(34-24-16-17-26(32)27(33)20-24)14-11-15-29(25)35-21-23-12-9-8-10-13-23/h8-17,20,34H,21-22H2,1-7H3. The smallest absolute Gasteiger partial charge is 0.192 e. The van der Waals surface area contributed by atoms with Crippen LogP contribution in [0.1, 0.15) is 45.7 Å². The summed E-state index contributed by atoms with van der Waals surface area (Å²) >= 11 is 0. The molecule has 0 saturated heterocycles. The normalized spacial score (nSPS) is 12.0. The van der Waals surface area contributed by atoms with Gasteiger partial charge in [-0.2, -0.15) is 0 Å². The summed E-state index contributed by atoms with van der Waals surface area (Å²) in [5.74, 6) is 5.48. The van der Waals surface area contributed by atoms with E-state index in [0.717, 1.165) is 17.7 Å². The van der Waals surface area contributed by atoms with E-state index >= 15 is 0 Å². The summed E-state index contributed by atoms with van der Waals surface area (Å²) in [6.07, 6.45) is 0. The summed E-state index contributed by atoms with van der Waals surface area (Å²) in [5, 5.41) is 3.29. The van der Waals surface area contributed by atoms with E-state index in [1.165, 1.54) is 6.07 Å². The molecule has 0 radical (unpaired) electrons. The summed E-state index contributed by atoms with van der Waals surface area (Å²) < 4.78 is 39.9. The average molecular weight is 522 g/mol. The van der Waals surface area contributed by atoms with Crippen molar-refractivity contribution < 1.29 is 17.9 Å². The highest BCUT2D eigenvalue weighted by Gasteiger charge is 2.38. The lowest BCUT2D eigenvalue weighted by molar-refractivity contribution is 0.209. The fraction of sp³-hybridized carbons (Fsp3) is 0.355. The van der Waals surface area contributed by atoms with Crippen molar-refractivity contribution in [2.45, 2.75) is 59.4 Å². The molecule has 0 spiro atoms. The largest absolute Gasteiger partial charge is 0.488 e. The Balaban J connectivity index is 1.93. The number of hydrogen-bond donors (Lipinski definition) is 1. The van der Waals surface area contributed by atoms with Gasteiger partial charge in [0.05, 0.1) is 11.3 Å². The molecule has 0 fully saturated rings. The topological polar surface area (TPSA) is 30.5 Å². The van der Waals surface area contributed by atoms with Crippen molar-refractivity contribution in [3.05, 3.63) is 89.5 Å². The zero-order valence-corrected chi connectivity index (χ0v) is 23.8. The molecule has 6 heteroatoms. The predicted octanol–water partition coefficient (Wildman–Crippen LogP) is 8.69. The van der Waals surface area contributed by atoms with Crippen LogP contribution in [0.15, 0.2) is 66.7 Å². The second kappa shape index (κ2) is 11.5. The molecule has 0 bridgehead atoms. The lowest BCUT2D eigenvalue weighted by atomic mass is 9.95. The van der Waals surface area contributed by atoms with Crippen LogP contribution in [0.5, 0.6) is 5.75 Å². The number of ether oxygens (including phenoxy) is 1. The Labute approximate surface area is 221 Å². The molecular weight excluding hydrogens is 484 g/mol. The van der Waals surface area contributed by atoms with Gasteiger partial charge in [-0.1, -0.05) is 69.0 Å². The minimum absolute atomic E-state index is 0.107. The van der Waals surface area contributed by atoms with Gasteiger partial charge in [0.1, 0.15) is 12.4 Å². The molecule has 37 heavy (non-hydrogen) atoms. The number of halogens is 2. The van der Waals surface area contributed by atoms with Crippen molar-refractivity contribution >= 4 is 19.7 Å². The Morgan fingerprint density at radius 1 is 0.865 bits per heavy atom. The second-order valence-electron chi connectivity index (χ2n) is 11.4. The highest BCUT2D eigenvalue weighted by molar-refractivity contribution is 6.74. The van der Waals surface area contributed by atoms with Crippen molar-refractivity contribution in [2.24, 2.45) is 5.41 Å². The number of benzene rings is 3. The molecule has 0 amide bonds. The summed E-state index contributed by atoms with van der Waals surface area (Å²) in [4.78, 5) is 0. The van der Waals surface area contributed by atoms with Crippen molar-refractivity contribution in [1.29, 1.82) is 0 Å². The number of anilines is 2. The van der Waals surface area contributed by atoms with Gasteiger partial charge in [-0.15, -0.1) is 0 Å². The third-order valence-corrected chi connectivity index (χ3v) is 11.1. The first-order valence-corrected chi connectivity index (χ1v) is 15.4. The predicted molar refractivity (Wildman–Crippen MR) is 151 cm³/mol.